The average Bonchev–Trinajstić information content (AvgIpc) is 3.30. The van der Waals surface area contributed by atoms with Gasteiger partial charge in [-0.1, -0.05) is 29.4 Å². The summed E-state index contributed by atoms with van der Waals surface area (Å²) in [7, 11) is 0. The number of nitriles is 1. The Morgan fingerprint density at radius 1 is 1.30 bits per heavy atom. The molecule has 0 atom stereocenters. The number of aliphatic imine (C=N–C) groups is 3. The monoisotopic (exact) mass is 541 g/mol. The van der Waals surface area contributed by atoms with Gasteiger partial charge in [0.2, 0.25) is 11.9 Å². The molecule has 1 aromatic rings. The Labute approximate surface area is 223 Å². The summed E-state index contributed by atoms with van der Waals surface area (Å²) in [5.74, 6) is -0.883. The number of guanidine groups is 1. The molecule has 2 amide bonds. The number of carbonyl (C=O) groups excluding carboxylic acids is 2. The summed E-state index contributed by atoms with van der Waals surface area (Å²) in [4.78, 5) is 36.3. The van der Waals surface area contributed by atoms with Crippen LogP contribution in [-0.2, 0) is 9.59 Å². The Kier molecular flexibility index (Phi) is 9.02. The summed E-state index contributed by atoms with van der Waals surface area (Å²) in [6.45, 7) is 8.45. The van der Waals surface area contributed by atoms with Crippen LogP contribution in [0.3, 0.4) is 0 Å². The van der Waals surface area contributed by atoms with Gasteiger partial charge in [0.25, 0.3) is 5.91 Å². The van der Waals surface area contributed by atoms with E-state index in [1.165, 1.54) is 31.0 Å². The van der Waals surface area contributed by atoms with E-state index in [2.05, 4.69) is 43.7 Å². The number of anilines is 2. The van der Waals surface area contributed by atoms with Crippen molar-refractivity contribution in [2.75, 3.05) is 16.4 Å². The second-order valence-electron chi connectivity index (χ2n) is 8.61. The van der Waals surface area contributed by atoms with Gasteiger partial charge in [-0.3, -0.25) is 9.59 Å². The molecule has 9 nitrogen and oxygen atoms in total. The van der Waals surface area contributed by atoms with Crippen molar-refractivity contribution in [1.29, 1.82) is 5.26 Å². The first-order valence-electron chi connectivity index (χ1n) is 11.1. The molecule has 0 unspecified atom stereocenters. The molecule has 0 bridgehead atoms. The summed E-state index contributed by atoms with van der Waals surface area (Å²) in [5.41, 5.74) is 1.22. The Morgan fingerprint density at radius 3 is 2.73 bits per heavy atom. The first-order valence-corrected chi connectivity index (χ1v) is 12.5. The topological polar surface area (TPSA) is 131 Å². The van der Waals surface area contributed by atoms with Crippen molar-refractivity contribution in [3.8, 4) is 6.07 Å². The van der Waals surface area contributed by atoms with Gasteiger partial charge in [-0.15, -0.1) is 0 Å². The predicted octanol–water partition coefficient (Wildman–Crippen LogP) is 5.16. The molecule has 1 aromatic carbocycles. The number of benzene rings is 1. The number of rotatable bonds is 5. The van der Waals surface area contributed by atoms with Crippen LogP contribution in [0.25, 0.3) is 0 Å². The molecule has 0 radical (unpaired) electrons. The third-order valence-corrected chi connectivity index (χ3v) is 6.59. The Balaban J connectivity index is 1.78. The molecule has 12 heteroatoms. The summed E-state index contributed by atoms with van der Waals surface area (Å²) in [6, 6.07) is 4.63. The number of carbonyl (C=O) groups is 2. The highest BCUT2D eigenvalue weighted by molar-refractivity contribution is 8.14. The van der Waals surface area contributed by atoms with Crippen LogP contribution >= 0.6 is 23.4 Å². The van der Waals surface area contributed by atoms with Crippen LogP contribution in [0.2, 0.25) is 5.02 Å². The molecule has 2 aliphatic rings. The summed E-state index contributed by atoms with van der Waals surface area (Å²) < 4.78 is 14.6. The lowest BCUT2D eigenvalue weighted by Gasteiger charge is -2.23. The fraction of sp³-hybridized carbons (Fsp3) is 0.280. The number of nitrogens with one attached hydrogen (secondary N) is 3. The number of nitrogens with zero attached hydrogens (tertiary/aromatic N) is 4. The van der Waals surface area contributed by atoms with Crippen LogP contribution in [0.15, 0.2) is 62.3 Å². The van der Waals surface area contributed by atoms with Gasteiger partial charge in [0.1, 0.15) is 5.82 Å². The van der Waals surface area contributed by atoms with Gasteiger partial charge in [-0.25, -0.2) is 19.4 Å². The van der Waals surface area contributed by atoms with Crippen LogP contribution in [0, 0.1) is 22.6 Å². The third-order valence-electron chi connectivity index (χ3n) is 5.37. The van der Waals surface area contributed by atoms with Gasteiger partial charge >= 0.3 is 0 Å². The molecule has 192 valence electrons. The summed E-state index contributed by atoms with van der Waals surface area (Å²) in [6.07, 6.45) is 6.16. The molecular formula is C25H25ClFN7O2S. The lowest BCUT2D eigenvalue weighted by Crippen LogP contribution is -2.23. The SMILES string of the molecule is C=N/C(=N\C=C1/CSC(NC(C)=O)=N1)Nc1cc(NC(=O)C2=CCCC(C(C)(C)C#N)=C2)c(F)cc1Cl. The van der Waals surface area contributed by atoms with Gasteiger partial charge in [0, 0.05) is 18.2 Å². The Bertz CT molecular complexity index is 1340. The minimum Gasteiger partial charge on any atom is -0.323 e. The first-order chi connectivity index (χ1) is 17.5. The lowest BCUT2D eigenvalue weighted by atomic mass is 9.80. The number of hydrogen-bond acceptors (Lipinski definition) is 6. The smallest absolute Gasteiger partial charge is 0.255 e. The Morgan fingerprint density at radius 2 is 2.05 bits per heavy atom. The number of thioether (sulfide) groups is 1. The van der Waals surface area contributed by atoms with Crippen molar-refractivity contribution in [2.24, 2.45) is 20.4 Å². The van der Waals surface area contributed by atoms with Crippen LogP contribution in [-0.4, -0.2) is 35.4 Å². The van der Waals surface area contributed by atoms with E-state index in [9.17, 15) is 19.2 Å². The van der Waals surface area contributed by atoms with Crippen molar-refractivity contribution in [1.82, 2.24) is 5.32 Å². The maximum Gasteiger partial charge on any atom is 0.255 e. The largest absolute Gasteiger partial charge is 0.323 e. The molecule has 1 aliphatic heterocycles. The van der Waals surface area contributed by atoms with Crippen LogP contribution in [0.5, 0.6) is 0 Å². The van der Waals surface area contributed by atoms with Gasteiger partial charge in [-0.2, -0.15) is 5.26 Å². The lowest BCUT2D eigenvalue weighted by molar-refractivity contribution is -0.117. The molecule has 0 aromatic heterocycles. The molecule has 1 aliphatic carbocycles. The van der Waals surface area contributed by atoms with Gasteiger partial charge in [-0.05, 0) is 57.2 Å². The average molecular weight is 542 g/mol. The van der Waals surface area contributed by atoms with Crippen molar-refractivity contribution >= 4 is 64.4 Å². The van der Waals surface area contributed by atoms with E-state index in [0.717, 1.165) is 11.6 Å². The van der Waals surface area contributed by atoms with E-state index in [1.54, 1.807) is 26.0 Å². The first kappa shape index (κ1) is 27.8. The third kappa shape index (κ3) is 7.38. The molecule has 0 saturated heterocycles. The predicted molar refractivity (Wildman–Crippen MR) is 147 cm³/mol. The Hall–Kier alpha value is -3.75. The number of hydrogen-bond donors (Lipinski definition) is 3. The quantitative estimate of drug-likeness (QED) is 0.350. The highest BCUT2D eigenvalue weighted by atomic mass is 35.5. The minimum atomic E-state index is -0.725. The second-order valence-corrected chi connectivity index (χ2v) is 9.98. The molecule has 0 saturated carbocycles. The maximum absolute atomic E-state index is 14.6. The normalized spacial score (nSPS) is 16.8. The molecule has 3 N–H and O–H groups in total. The second kappa shape index (κ2) is 12.0. The zero-order chi connectivity index (χ0) is 27.2. The summed E-state index contributed by atoms with van der Waals surface area (Å²) >= 11 is 7.56. The number of amidine groups is 1. The molecule has 1 heterocycles. The zero-order valence-electron chi connectivity index (χ0n) is 20.5. The highest BCUT2D eigenvalue weighted by Gasteiger charge is 2.26. The zero-order valence-corrected chi connectivity index (χ0v) is 22.1. The van der Waals surface area contributed by atoms with Crippen molar-refractivity contribution < 1.29 is 14.0 Å². The highest BCUT2D eigenvalue weighted by Crippen LogP contribution is 2.34. The maximum atomic E-state index is 14.6. The van der Waals surface area contributed by atoms with E-state index in [0.29, 0.717) is 35.0 Å². The van der Waals surface area contributed by atoms with Crippen molar-refractivity contribution in [3.05, 3.63) is 58.2 Å². The summed E-state index contributed by atoms with van der Waals surface area (Å²) in [5, 5.41) is 18.0. The molecule has 0 fully saturated rings. The van der Waals surface area contributed by atoms with E-state index < -0.39 is 17.1 Å². The van der Waals surface area contributed by atoms with E-state index in [-0.39, 0.29) is 28.3 Å². The molecule has 37 heavy (non-hydrogen) atoms. The molecule has 3 rings (SSSR count). The van der Waals surface area contributed by atoms with Crippen molar-refractivity contribution in [3.63, 3.8) is 0 Å². The van der Waals surface area contributed by atoms with Crippen molar-refractivity contribution in [2.45, 2.75) is 33.6 Å². The van der Waals surface area contributed by atoms with E-state index >= 15 is 0 Å². The van der Waals surface area contributed by atoms with Crippen LogP contribution in [0.4, 0.5) is 15.8 Å². The number of halogens is 2. The minimum absolute atomic E-state index is 0.0386. The van der Waals surface area contributed by atoms with Gasteiger partial charge in [0.15, 0.2) is 5.17 Å². The van der Waals surface area contributed by atoms with Gasteiger partial charge < -0.3 is 16.0 Å². The van der Waals surface area contributed by atoms with Gasteiger partial charge in [0.05, 0.1) is 39.8 Å². The van der Waals surface area contributed by atoms with Crippen LogP contribution < -0.4 is 16.0 Å². The standard InChI is InChI=1S/C25H25ClFN7O2S/c1-14(35)31-24-32-17(12-37-24)11-30-23(29-4)34-20-10-21(19(27)9-18(20)26)33-22(36)15-6-5-7-16(8-15)25(2,3)13-28/h6,8-11H,4-5,7,12H2,1-3H3,(H,30,34)(H,33,36)(H,31,32,35)/b17-11+. The van der Waals surface area contributed by atoms with E-state index in [4.69, 9.17) is 11.6 Å². The van der Waals surface area contributed by atoms with Crippen LogP contribution in [0.1, 0.15) is 33.6 Å². The number of allylic oxidation sites excluding steroid dienone is 2. The molecule has 0 spiro atoms. The molecular weight excluding hydrogens is 517 g/mol. The fourth-order valence-electron chi connectivity index (χ4n) is 3.35. The number of amides is 2. The fourth-order valence-corrected chi connectivity index (χ4v) is 4.37. The van der Waals surface area contributed by atoms with E-state index in [1.807, 2.05) is 0 Å².